The lowest BCUT2D eigenvalue weighted by Crippen LogP contribution is -2.39. The molecule has 1 aromatic heterocycles. The number of H-pyrrole nitrogens is 1. The van der Waals surface area contributed by atoms with Crippen LogP contribution in [-0.2, 0) is 16.1 Å². The van der Waals surface area contributed by atoms with Crippen LogP contribution < -0.4 is 11.0 Å². The number of nitrogens with one attached hydrogen (secondary N) is 2. The number of aromatic amines is 1. The Balaban J connectivity index is 1.57. The number of hydrogen-bond acceptors (Lipinski definition) is 5. The van der Waals surface area contributed by atoms with Gasteiger partial charge in [-0.1, -0.05) is 37.4 Å². The van der Waals surface area contributed by atoms with Gasteiger partial charge in [-0.2, -0.15) is 0 Å². The lowest BCUT2D eigenvalue weighted by Gasteiger charge is -2.19. The summed E-state index contributed by atoms with van der Waals surface area (Å²) in [6, 6.07) is 0.284. The van der Waals surface area contributed by atoms with E-state index in [9.17, 15) is 9.59 Å². The number of aromatic nitrogens is 3. The molecule has 0 aromatic carbocycles. The van der Waals surface area contributed by atoms with E-state index in [0.29, 0.717) is 11.7 Å². The number of thioether (sulfide) groups is 1. The Morgan fingerprint density at radius 1 is 1.32 bits per heavy atom. The standard InChI is InChI=1S/C17H28N4O3S/c1-12(15(22)18-13-7-4-2-3-5-8-13)25-17-20-19-16(23)21(17)11-14-9-6-10-24-14/h12-14H,2-11H2,1H3,(H,18,22)(H,19,23)/t12-,14+/m0/s1. The zero-order valence-electron chi connectivity index (χ0n) is 14.8. The number of hydrogen-bond donors (Lipinski definition) is 2. The summed E-state index contributed by atoms with van der Waals surface area (Å²) in [4.78, 5) is 24.5. The van der Waals surface area contributed by atoms with Crippen LogP contribution in [0.15, 0.2) is 9.95 Å². The van der Waals surface area contributed by atoms with Crippen LogP contribution in [0.4, 0.5) is 0 Å². The topological polar surface area (TPSA) is 89.0 Å². The van der Waals surface area contributed by atoms with Crippen molar-refractivity contribution in [3.05, 3.63) is 10.5 Å². The lowest BCUT2D eigenvalue weighted by atomic mass is 10.1. The molecule has 1 aliphatic heterocycles. The van der Waals surface area contributed by atoms with E-state index in [1.165, 1.54) is 37.4 Å². The monoisotopic (exact) mass is 368 g/mol. The molecule has 1 saturated heterocycles. The van der Waals surface area contributed by atoms with Crippen molar-refractivity contribution in [3.8, 4) is 0 Å². The Morgan fingerprint density at radius 2 is 2.08 bits per heavy atom. The molecular formula is C17H28N4O3S. The molecule has 2 atom stereocenters. The third kappa shape index (κ3) is 5.10. The summed E-state index contributed by atoms with van der Waals surface area (Å²) in [6.07, 6.45) is 9.08. The van der Waals surface area contributed by atoms with E-state index in [1.54, 1.807) is 4.57 Å². The molecule has 2 fully saturated rings. The summed E-state index contributed by atoms with van der Waals surface area (Å²) in [7, 11) is 0. The van der Waals surface area contributed by atoms with Crippen molar-refractivity contribution in [2.75, 3.05) is 6.61 Å². The van der Waals surface area contributed by atoms with E-state index in [-0.39, 0.29) is 29.0 Å². The SMILES string of the molecule is C[C@H](Sc1n[nH]c(=O)n1C[C@H]1CCCO1)C(=O)NC1CCCCCC1. The lowest BCUT2D eigenvalue weighted by molar-refractivity contribution is -0.121. The number of rotatable bonds is 6. The molecular weight excluding hydrogens is 340 g/mol. The van der Waals surface area contributed by atoms with Crippen molar-refractivity contribution in [2.45, 2.75) is 87.4 Å². The van der Waals surface area contributed by atoms with Crippen molar-refractivity contribution in [1.29, 1.82) is 0 Å². The predicted molar refractivity (Wildman–Crippen MR) is 96.8 cm³/mol. The first-order valence-electron chi connectivity index (χ1n) is 9.37. The minimum absolute atomic E-state index is 0.0241. The molecule has 1 aliphatic carbocycles. The molecule has 25 heavy (non-hydrogen) atoms. The quantitative estimate of drug-likeness (QED) is 0.593. The largest absolute Gasteiger partial charge is 0.376 e. The molecule has 0 bridgehead atoms. The predicted octanol–water partition coefficient (Wildman–Crippen LogP) is 2.07. The fraction of sp³-hybridized carbons (Fsp3) is 0.824. The molecule has 7 nitrogen and oxygen atoms in total. The molecule has 0 spiro atoms. The Kier molecular flexibility index (Phi) is 6.58. The fourth-order valence-corrected chi connectivity index (χ4v) is 4.37. The number of ether oxygens (including phenoxy) is 1. The molecule has 0 unspecified atom stereocenters. The zero-order chi connectivity index (χ0) is 17.6. The maximum absolute atomic E-state index is 12.5. The molecule has 140 valence electrons. The Morgan fingerprint density at radius 3 is 2.76 bits per heavy atom. The summed E-state index contributed by atoms with van der Waals surface area (Å²) in [5.74, 6) is 0.0241. The van der Waals surface area contributed by atoms with Gasteiger partial charge in [-0.25, -0.2) is 9.89 Å². The van der Waals surface area contributed by atoms with Crippen molar-refractivity contribution >= 4 is 17.7 Å². The second-order valence-corrected chi connectivity index (χ2v) is 8.32. The van der Waals surface area contributed by atoms with E-state index in [1.807, 2.05) is 6.92 Å². The number of carbonyl (C=O) groups is 1. The molecule has 0 radical (unpaired) electrons. The normalized spacial score (nSPS) is 23.3. The first-order valence-corrected chi connectivity index (χ1v) is 10.3. The average molecular weight is 369 g/mol. The van der Waals surface area contributed by atoms with Crippen LogP contribution in [-0.4, -0.2) is 44.7 Å². The van der Waals surface area contributed by atoms with E-state index in [0.717, 1.165) is 32.3 Å². The minimum Gasteiger partial charge on any atom is -0.376 e. The first-order chi connectivity index (χ1) is 12.1. The van der Waals surface area contributed by atoms with E-state index in [4.69, 9.17) is 4.74 Å². The third-order valence-corrected chi connectivity index (χ3v) is 6.08. The van der Waals surface area contributed by atoms with Crippen molar-refractivity contribution < 1.29 is 9.53 Å². The van der Waals surface area contributed by atoms with Crippen molar-refractivity contribution in [2.24, 2.45) is 0 Å². The van der Waals surface area contributed by atoms with Crippen LogP contribution in [0.2, 0.25) is 0 Å². The molecule has 2 heterocycles. The van der Waals surface area contributed by atoms with Gasteiger partial charge in [0.15, 0.2) is 5.16 Å². The molecule has 1 amide bonds. The summed E-state index contributed by atoms with van der Waals surface area (Å²) in [6.45, 7) is 3.11. The maximum Gasteiger partial charge on any atom is 0.344 e. The smallest absolute Gasteiger partial charge is 0.344 e. The van der Waals surface area contributed by atoms with Gasteiger partial charge in [-0.15, -0.1) is 5.10 Å². The van der Waals surface area contributed by atoms with Gasteiger partial charge >= 0.3 is 5.69 Å². The number of carbonyl (C=O) groups excluding carboxylic acids is 1. The van der Waals surface area contributed by atoms with Crippen LogP contribution in [0.5, 0.6) is 0 Å². The van der Waals surface area contributed by atoms with Crippen LogP contribution >= 0.6 is 11.8 Å². The number of amides is 1. The second-order valence-electron chi connectivity index (χ2n) is 7.01. The molecule has 1 saturated carbocycles. The molecule has 2 N–H and O–H groups in total. The summed E-state index contributed by atoms with van der Waals surface area (Å²) >= 11 is 1.33. The minimum atomic E-state index is -0.290. The van der Waals surface area contributed by atoms with Crippen LogP contribution in [0.3, 0.4) is 0 Å². The molecule has 1 aromatic rings. The van der Waals surface area contributed by atoms with Crippen LogP contribution in [0, 0.1) is 0 Å². The van der Waals surface area contributed by atoms with Crippen molar-refractivity contribution in [1.82, 2.24) is 20.1 Å². The summed E-state index contributed by atoms with van der Waals surface area (Å²) in [5.41, 5.74) is -0.241. The fourth-order valence-electron chi connectivity index (χ4n) is 3.50. The highest BCUT2D eigenvalue weighted by Crippen LogP contribution is 2.23. The van der Waals surface area contributed by atoms with Gasteiger partial charge in [0.05, 0.1) is 17.9 Å². The van der Waals surface area contributed by atoms with Gasteiger partial charge in [0.1, 0.15) is 0 Å². The van der Waals surface area contributed by atoms with E-state index >= 15 is 0 Å². The summed E-state index contributed by atoms with van der Waals surface area (Å²) in [5, 5.41) is 10.0. The Labute approximate surface area is 152 Å². The molecule has 3 rings (SSSR count). The van der Waals surface area contributed by atoms with Crippen molar-refractivity contribution in [3.63, 3.8) is 0 Å². The highest BCUT2D eigenvalue weighted by Gasteiger charge is 2.24. The van der Waals surface area contributed by atoms with Crippen LogP contribution in [0.25, 0.3) is 0 Å². The zero-order valence-corrected chi connectivity index (χ0v) is 15.6. The van der Waals surface area contributed by atoms with E-state index < -0.39 is 0 Å². The Hall–Kier alpha value is -1.28. The number of nitrogens with zero attached hydrogens (tertiary/aromatic N) is 2. The molecule has 2 aliphatic rings. The van der Waals surface area contributed by atoms with Gasteiger partial charge in [0.2, 0.25) is 5.91 Å². The first kappa shape index (κ1) is 18.5. The highest BCUT2D eigenvalue weighted by molar-refractivity contribution is 8.00. The van der Waals surface area contributed by atoms with Gasteiger partial charge < -0.3 is 10.1 Å². The third-order valence-electron chi connectivity index (χ3n) is 4.99. The maximum atomic E-state index is 12.5. The molecule has 8 heteroatoms. The van der Waals surface area contributed by atoms with Gasteiger partial charge in [0.25, 0.3) is 0 Å². The highest BCUT2D eigenvalue weighted by atomic mass is 32.2. The van der Waals surface area contributed by atoms with Gasteiger partial charge in [-0.3, -0.25) is 9.36 Å². The second kappa shape index (κ2) is 8.89. The summed E-state index contributed by atoms with van der Waals surface area (Å²) < 4.78 is 7.20. The Bertz CT molecular complexity index is 616. The van der Waals surface area contributed by atoms with Gasteiger partial charge in [-0.05, 0) is 32.6 Å². The van der Waals surface area contributed by atoms with Gasteiger partial charge in [0, 0.05) is 12.6 Å². The van der Waals surface area contributed by atoms with Crippen LogP contribution in [0.1, 0.15) is 58.3 Å². The van der Waals surface area contributed by atoms with E-state index in [2.05, 4.69) is 15.5 Å². The average Bonchev–Trinajstić information content (AvgIpc) is 3.14.